The van der Waals surface area contributed by atoms with Gasteiger partial charge in [-0.25, -0.2) is 4.39 Å². The van der Waals surface area contributed by atoms with Crippen molar-refractivity contribution in [2.45, 2.75) is 51.5 Å². The fourth-order valence-corrected chi connectivity index (χ4v) is 2.23. The minimum Gasteiger partial charge on any atom is -0.463 e. The topological polar surface area (TPSA) is 143 Å². The van der Waals surface area contributed by atoms with Gasteiger partial charge in [-0.3, -0.25) is 19.2 Å². The van der Waals surface area contributed by atoms with Crippen LogP contribution in [0.4, 0.5) is 4.39 Å². The van der Waals surface area contributed by atoms with Gasteiger partial charge in [-0.15, -0.1) is 0 Å². The van der Waals surface area contributed by atoms with E-state index in [4.69, 9.17) is 24.7 Å². The van der Waals surface area contributed by atoms with Crippen LogP contribution in [-0.2, 0) is 38.1 Å². The number of hydrogen-bond acceptors (Lipinski definition) is 9. The van der Waals surface area contributed by atoms with E-state index in [1.165, 1.54) is 0 Å². The van der Waals surface area contributed by atoms with E-state index in [9.17, 15) is 23.6 Å². The third kappa shape index (κ3) is 6.27. The van der Waals surface area contributed by atoms with Crippen molar-refractivity contribution in [3.63, 3.8) is 0 Å². The van der Waals surface area contributed by atoms with Gasteiger partial charge >= 0.3 is 17.9 Å². The lowest BCUT2D eigenvalue weighted by Gasteiger charge is -2.42. The summed E-state index contributed by atoms with van der Waals surface area (Å²) < 4.78 is 34.7. The normalized spacial score (nSPS) is 28.6. The Hall–Kier alpha value is -2.27. The van der Waals surface area contributed by atoms with E-state index in [0.717, 1.165) is 20.8 Å². The molecule has 1 heterocycles. The van der Waals surface area contributed by atoms with Crippen molar-refractivity contribution in [2.75, 3.05) is 13.2 Å². The maximum absolute atomic E-state index is 14.7. The van der Waals surface area contributed by atoms with E-state index in [2.05, 4.69) is 5.32 Å². The van der Waals surface area contributed by atoms with Gasteiger partial charge in [-0.05, 0) is 0 Å². The maximum atomic E-state index is 14.7. The highest BCUT2D eigenvalue weighted by Gasteiger charge is 2.51. The number of nitrogens with one attached hydrogen (secondary N) is 1. The summed E-state index contributed by atoms with van der Waals surface area (Å²) in [6.07, 6.45) is -7.70. The molecule has 3 N–H and O–H groups in total. The van der Waals surface area contributed by atoms with Crippen molar-refractivity contribution in [3.05, 3.63) is 0 Å². The number of amides is 1. The summed E-state index contributed by atoms with van der Waals surface area (Å²) in [5.74, 6) is -2.98. The third-order valence-corrected chi connectivity index (χ3v) is 3.16. The number of nitrogens with two attached hydrogens (primary N) is 1. The van der Waals surface area contributed by atoms with Gasteiger partial charge in [0.25, 0.3) is 0 Å². The Balaban J connectivity index is 3.08. The number of esters is 3. The first-order chi connectivity index (χ1) is 11.6. The molecule has 1 rings (SSSR count). The molecule has 25 heavy (non-hydrogen) atoms. The molecule has 0 radical (unpaired) electrons. The smallest absolute Gasteiger partial charge is 0.303 e. The molecule has 0 aromatic rings. The average Bonchev–Trinajstić information content (AvgIpc) is 2.51. The molecule has 11 heteroatoms. The molecule has 5 atom stereocenters. The average molecular weight is 364 g/mol. The number of hydrogen-bond donors (Lipinski definition) is 2. The van der Waals surface area contributed by atoms with Crippen LogP contribution in [0.2, 0.25) is 0 Å². The molecule has 0 bridgehead atoms. The summed E-state index contributed by atoms with van der Waals surface area (Å²) in [6, 6.07) is 0. The Morgan fingerprint density at radius 2 is 1.60 bits per heavy atom. The lowest BCUT2D eigenvalue weighted by Crippen LogP contribution is -2.64. The number of carbonyl (C=O) groups excluding carboxylic acids is 4. The fraction of sp³-hybridized carbons (Fsp3) is 0.714. The number of halogens is 1. The summed E-state index contributed by atoms with van der Waals surface area (Å²) in [6.45, 7) is 2.42. The minimum atomic E-state index is -2.04. The highest BCUT2D eigenvalue weighted by atomic mass is 19.1. The van der Waals surface area contributed by atoms with Gasteiger partial charge in [0.05, 0.1) is 6.54 Å². The molecule has 1 aliphatic rings. The lowest BCUT2D eigenvalue weighted by atomic mass is 9.98. The standard InChI is InChI=1S/C14H21FN2O8/c1-6(18)22-5-9-12(23-7(2)19)13(24-8(3)20)11(15)14(25-9)17-10(21)4-16/h9,11-14H,4-5,16H2,1-3H3,(H,17,21)/t9-,11+,12-,13-,14-/m1/s1. The zero-order valence-electron chi connectivity index (χ0n) is 14.0. The van der Waals surface area contributed by atoms with Crippen LogP contribution in [0.1, 0.15) is 20.8 Å². The molecule has 1 amide bonds. The van der Waals surface area contributed by atoms with Crippen molar-refractivity contribution in [2.24, 2.45) is 5.73 Å². The van der Waals surface area contributed by atoms with E-state index in [1.807, 2.05) is 0 Å². The predicted octanol–water partition coefficient (Wildman–Crippen LogP) is -1.45. The summed E-state index contributed by atoms with van der Waals surface area (Å²) in [5, 5.41) is 2.18. The number of carbonyl (C=O) groups is 4. The van der Waals surface area contributed by atoms with E-state index in [-0.39, 0.29) is 0 Å². The summed E-state index contributed by atoms with van der Waals surface area (Å²) in [5.41, 5.74) is 5.16. The second kappa shape index (κ2) is 9.28. The van der Waals surface area contributed by atoms with Gasteiger partial charge in [0.15, 0.2) is 24.6 Å². The van der Waals surface area contributed by atoms with E-state index in [1.54, 1.807) is 0 Å². The molecule has 1 aliphatic heterocycles. The maximum Gasteiger partial charge on any atom is 0.303 e. The molecule has 0 saturated carbocycles. The Kier molecular flexibility index (Phi) is 7.71. The lowest BCUT2D eigenvalue weighted by molar-refractivity contribution is -0.239. The number of alkyl halides is 1. The van der Waals surface area contributed by atoms with Gasteiger partial charge < -0.3 is 30.0 Å². The van der Waals surface area contributed by atoms with Crippen LogP contribution >= 0.6 is 0 Å². The van der Waals surface area contributed by atoms with Crippen molar-refractivity contribution in [1.82, 2.24) is 5.32 Å². The molecular formula is C14H21FN2O8. The predicted molar refractivity (Wildman–Crippen MR) is 78.5 cm³/mol. The molecule has 142 valence electrons. The summed E-state index contributed by atoms with van der Waals surface area (Å²) in [4.78, 5) is 45.0. The van der Waals surface area contributed by atoms with Crippen LogP contribution < -0.4 is 11.1 Å². The van der Waals surface area contributed by atoms with E-state index in [0.29, 0.717) is 0 Å². The molecular weight excluding hydrogens is 343 g/mol. The van der Waals surface area contributed by atoms with Crippen LogP contribution in [0.25, 0.3) is 0 Å². The van der Waals surface area contributed by atoms with Crippen molar-refractivity contribution in [1.29, 1.82) is 0 Å². The Morgan fingerprint density at radius 3 is 2.08 bits per heavy atom. The van der Waals surface area contributed by atoms with Crippen molar-refractivity contribution in [3.8, 4) is 0 Å². The van der Waals surface area contributed by atoms with Crippen LogP contribution in [0.5, 0.6) is 0 Å². The first-order valence-electron chi connectivity index (χ1n) is 7.42. The molecule has 0 unspecified atom stereocenters. The van der Waals surface area contributed by atoms with Gasteiger partial charge in [-0.1, -0.05) is 0 Å². The zero-order chi connectivity index (χ0) is 19.1. The first kappa shape index (κ1) is 20.8. The largest absolute Gasteiger partial charge is 0.463 e. The summed E-state index contributed by atoms with van der Waals surface area (Å²) in [7, 11) is 0. The molecule has 0 spiro atoms. The highest BCUT2D eigenvalue weighted by Crippen LogP contribution is 2.28. The second-order valence-electron chi connectivity index (χ2n) is 5.26. The second-order valence-corrected chi connectivity index (χ2v) is 5.26. The molecule has 1 fully saturated rings. The van der Waals surface area contributed by atoms with Crippen LogP contribution in [0.3, 0.4) is 0 Å². The number of rotatable bonds is 6. The fourth-order valence-electron chi connectivity index (χ4n) is 2.23. The van der Waals surface area contributed by atoms with Crippen molar-refractivity contribution < 1.29 is 42.5 Å². The molecule has 0 aromatic heterocycles. The summed E-state index contributed by atoms with van der Waals surface area (Å²) >= 11 is 0. The Bertz CT molecular complexity index is 529. The number of ether oxygens (including phenoxy) is 4. The third-order valence-electron chi connectivity index (χ3n) is 3.16. The van der Waals surface area contributed by atoms with Gasteiger partial charge in [-0.2, -0.15) is 0 Å². The van der Waals surface area contributed by atoms with Crippen LogP contribution in [0, 0.1) is 0 Å². The van der Waals surface area contributed by atoms with E-state index < -0.39 is 67.7 Å². The highest BCUT2D eigenvalue weighted by molar-refractivity contribution is 5.78. The first-order valence-corrected chi connectivity index (χ1v) is 7.42. The molecule has 0 aliphatic carbocycles. The van der Waals surface area contributed by atoms with Crippen LogP contribution in [-0.4, -0.2) is 67.7 Å². The zero-order valence-corrected chi connectivity index (χ0v) is 14.0. The Labute approximate surface area is 143 Å². The van der Waals surface area contributed by atoms with Gasteiger partial charge in [0.2, 0.25) is 5.91 Å². The van der Waals surface area contributed by atoms with Gasteiger partial charge in [0, 0.05) is 20.8 Å². The van der Waals surface area contributed by atoms with Crippen molar-refractivity contribution >= 4 is 23.8 Å². The quantitative estimate of drug-likeness (QED) is 0.427. The minimum absolute atomic E-state index is 0.410. The monoisotopic (exact) mass is 364 g/mol. The Morgan fingerprint density at radius 1 is 1.04 bits per heavy atom. The van der Waals surface area contributed by atoms with Gasteiger partial charge in [0.1, 0.15) is 12.7 Å². The molecule has 10 nitrogen and oxygen atoms in total. The SMILES string of the molecule is CC(=O)OC[C@H]1O[C@@H](NC(=O)CN)[C@@H](F)[C@@H](OC(C)=O)[C@@H]1OC(C)=O. The van der Waals surface area contributed by atoms with Crippen LogP contribution in [0.15, 0.2) is 0 Å². The van der Waals surface area contributed by atoms with E-state index >= 15 is 0 Å². The molecule has 1 saturated heterocycles. The molecule has 0 aromatic carbocycles.